The smallest absolute Gasteiger partial charge is 0.263 e. The minimum Gasteiger partial charge on any atom is -0.375 e. The van der Waals surface area contributed by atoms with Crippen molar-refractivity contribution in [3.63, 3.8) is 0 Å². The number of methoxy groups -OCH3 is 1. The molecule has 6 nitrogen and oxygen atoms in total. The number of carbonyl (C=O) groups is 2. The molecule has 0 atom stereocenters. The molecular weight excluding hydrogens is 236 g/mol. The van der Waals surface area contributed by atoms with E-state index in [2.05, 4.69) is 15.0 Å². The highest BCUT2D eigenvalue weighted by Crippen LogP contribution is 2.05. The zero-order valence-corrected chi connectivity index (χ0v) is 10.6. The summed E-state index contributed by atoms with van der Waals surface area (Å²) in [4.78, 5) is 37.1. The molecule has 0 saturated heterocycles. The average molecular weight is 252 g/mol. The van der Waals surface area contributed by atoms with Crippen LogP contribution in [0.25, 0.3) is 0 Å². The van der Waals surface area contributed by atoms with Crippen molar-refractivity contribution in [2.24, 2.45) is 0 Å². The molecule has 0 aliphatic carbocycles. The summed E-state index contributed by atoms with van der Waals surface area (Å²) in [6.07, 6.45) is 0.689. The van der Waals surface area contributed by atoms with E-state index in [9.17, 15) is 14.4 Å². The lowest BCUT2D eigenvalue weighted by Gasteiger charge is -2.06. The number of imide groups is 1. The Kier molecular flexibility index (Phi) is 4.79. The van der Waals surface area contributed by atoms with Gasteiger partial charge in [0.25, 0.3) is 17.4 Å². The maximum atomic E-state index is 11.7. The molecule has 18 heavy (non-hydrogen) atoms. The van der Waals surface area contributed by atoms with Gasteiger partial charge in [0.2, 0.25) is 0 Å². The molecule has 2 N–H and O–H groups in total. The predicted molar refractivity (Wildman–Crippen MR) is 65.5 cm³/mol. The zero-order valence-electron chi connectivity index (χ0n) is 10.6. The number of aromatic amines is 1. The molecule has 0 aromatic carbocycles. The Hall–Kier alpha value is -1.95. The van der Waals surface area contributed by atoms with Crippen LogP contribution in [0, 0.1) is 6.92 Å². The maximum absolute atomic E-state index is 11.7. The molecule has 1 aromatic heterocycles. The van der Waals surface area contributed by atoms with Gasteiger partial charge in [-0.25, -0.2) is 0 Å². The minimum absolute atomic E-state index is 0.0677. The highest BCUT2D eigenvalue weighted by molar-refractivity contribution is 6.04. The number of pyridine rings is 1. The van der Waals surface area contributed by atoms with Gasteiger partial charge in [-0.3, -0.25) is 19.7 Å². The first-order valence-corrected chi connectivity index (χ1v) is 5.55. The topological polar surface area (TPSA) is 88.3 Å². The molecule has 0 bridgehead atoms. The summed E-state index contributed by atoms with van der Waals surface area (Å²) in [7, 11) is 1.35. The SMILES string of the molecule is CCc1cc(C(=O)NC(=O)COC)c(=O)[nH]c1C. The van der Waals surface area contributed by atoms with Crippen LogP contribution in [0.1, 0.15) is 28.5 Å². The van der Waals surface area contributed by atoms with E-state index in [1.54, 1.807) is 6.92 Å². The molecule has 0 unspecified atom stereocenters. The number of hydrogen-bond acceptors (Lipinski definition) is 4. The molecule has 0 spiro atoms. The Balaban J connectivity index is 2.99. The van der Waals surface area contributed by atoms with Gasteiger partial charge in [-0.15, -0.1) is 0 Å². The molecular formula is C12H16N2O4. The fraction of sp³-hybridized carbons (Fsp3) is 0.417. The van der Waals surface area contributed by atoms with Crippen LogP contribution < -0.4 is 10.9 Å². The second-order valence-corrected chi connectivity index (χ2v) is 3.83. The third-order valence-corrected chi connectivity index (χ3v) is 2.50. The van der Waals surface area contributed by atoms with Crippen LogP contribution in [0.2, 0.25) is 0 Å². The van der Waals surface area contributed by atoms with E-state index in [1.807, 2.05) is 6.92 Å². The Morgan fingerprint density at radius 2 is 2.11 bits per heavy atom. The number of hydrogen-bond donors (Lipinski definition) is 2. The number of rotatable bonds is 4. The van der Waals surface area contributed by atoms with Gasteiger partial charge in [0, 0.05) is 12.8 Å². The van der Waals surface area contributed by atoms with E-state index in [0.29, 0.717) is 6.42 Å². The van der Waals surface area contributed by atoms with Gasteiger partial charge in [-0.1, -0.05) is 6.92 Å². The normalized spacial score (nSPS) is 10.2. The van der Waals surface area contributed by atoms with E-state index < -0.39 is 17.4 Å². The number of ether oxygens (including phenoxy) is 1. The largest absolute Gasteiger partial charge is 0.375 e. The Bertz CT molecular complexity index is 519. The third kappa shape index (κ3) is 3.27. The fourth-order valence-electron chi connectivity index (χ4n) is 1.56. The first-order valence-electron chi connectivity index (χ1n) is 5.55. The first-order chi connectivity index (χ1) is 8.49. The zero-order chi connectivity index (χ0) is 13.7. The Labute approximate surface area is 104 Å². The molecule has 0 fully saturated rings. The fourth-order valence-corrected chi connectivity index (χ4v) is 1.56. The lowest BCUT2D eigenvalue weighted by Crippen LogP contribution is -2.36. The summed E-state index contributed by atoms with van der Waals surface area (Å²) in [5.74, 6) is -1.30. The number of nitrogens with one attached hydrogen (secondary N) is 2. The summed E-state index contributed by atoms with van der Waals surface area (Å²) in [6.45, 7) is 3.45. The molecule has 2 amide bonds. The predicted octanol–water partition coefficient (Wildman–Crippen LogP) is 0.149. The molecule has 0 saturated carbocycles. The van der Waals surface area contributed by atoms with Crippen molar-refractivity contribution in [1.29, 1.82) is 0 Å². The molecule has 0 aliphatic heterocycles. The second-order valence-electron chi connectivity index (χ2n) is 3.83. The van der Waals surface area contributed by atoms with Crippen LogP contribution in [0.4, 0.5) is 0 Å². The Morgan fingerprint density at radius 3 is 2.67 bits per heavy atom. The lowest BCUT2D eigenvalue weighted by molar-refractivity contribution is -0.123. The van der Waals surface area contributed by atoms with Crippen molar-refractivity contribution in [3.8, 4) is 0 Å². The van der Waals surface area contributed by atoms with Crippen LogP contribution in [0.15, 0.2) is 10.9 Å². The number of aromatic nitrogens is 1. The van der Waals surface area contributed by atoms with Gasteiger partial charge in [-0.2, -0.15) is 0 Å². The molecule has 1 heterocycles. The number of carbonyl (C=O) groups excluding carboxylic acids is 2. The summed E-state index contributed by atoms with van der Waals surface area (Å²) in [5, 5.41) is 2.09. The van der Waals surface area contributed by atoms with Gasteiger partial charge < -0.3 is 9.72 Å². The van der Waals surface area contributed by atoms with Gasteiger partial charge in [-0.05, 0) is 25.0 Å². The average Bonchev–Trinajstić information content (AvgIpc) is 2.29. The second kappa shape index (κ2) is 6.11. The number of aryl methyl sites for hydroxylation is 2. The van der Waals surface area contributed by atoms with Crippen LogP contribution in [0.5, 0.6) is 0 Å². The number of H-pyrrole nitrogens is 1. The lowest BCUT2D eigenvalue weighted by atomic mass is 10.1. The van der Waals surface area contributed by atoms with Crippen molar-refractivity contribution in [3.05, 3.63) is 33.2 Å². The highest BCUT2D eigenvalue weighted by Gasteiger charge is 2.15. The van der Waals surface area contributed by atoms with Gasteiger partial charge in [0.15, 0.2) is 0 Å². The van der Waals surface area contributed by atoms with Gasteiger partial charge in [0.05, 0.1) is 0 Å². The highest BCUT2D eigenvalue weighted by atomic mass is 16.5. The molecule has 98 valence electrons. The van der Waals surface area contributed by atoms with Crippen LogP contribution in [-0.4, -0.2) is 30.5 Å². The van der Waals surface area contributed by atoms with Crippen molar-refractivity contribution in [1.82, 2.24) is 10.3 Å². The van der Waals surface area contributed by atoms with E-state index in [1.165, 1.54) is 13.2 Å². The van der Waals surface area contributed by atoms with Crippen LogP contribution in [0.3, 0.4) is 0 Å². The van der Waals surface area contributed by atoms with Crippen LogP contribution >= 0.6 is 0 Å². The monoisotopic (exact) mass is 252 g/mol. The molecule has 0 radical (unpaired) electrons. The summed E-state index contributed by atoms with van der Waals surface area (Å²) < 4.78 is 4.58. The molecule has 0 aliphatic rings. The van der Waals surface area contributed by atoms with E-state index >= 15 is 0 Å². The quantitative estimate of drug-likeness (QED) is 0.798. The van der Waals surface area contributed by atoms with E-state index in [4.69, 9.17) is 0 Å². The molecule has 6 heteroatoms. The first kappa shape index (κ1) is 14.1. The maximum Gasteiger partial charge on any atom is 0.263 e. The van der Waals surface area contributed by atoms with Crippen LogP contribution in [-0.2, 0) is 16.0 Å². The van der Waals surface area contributed by atoms with Crippen molar-refractivity contribution >= 4 is 11.8 Å². The minimum atomic E-state index is -0.715. The molecule has 1 aromatic rings. The van der Waals surface area contributed by atoms with Crippen molar-refractivity contribution in [2.45, 2.75) is 20.3 Å². The van der Waals surface area contributed by atoms with Crippen molar-refractivity contribution < 1.29 is 14.3 Å². The van der Waals surface area contributed by atoms with E-state index in [0.717, 1.165) is 11.3 Å². The third-order valence-electron chi connectivity index (χ3n) is 2.50. The summed E-state index contributed by atoms with van der Waals surface area (Å²) in [5.41, 5.74) is 1.01. The number of amides is 2. The Morgan fingerprint density at radius 1 is 1.44 bits per heavy atom. The van der Waals surface area contributed by atoms with Gasteiger partial charge >= 0.3 is 0 Å². The summed E-state index contributed by atoms with van der Waals surface area (Å²) >= 11 is 0. The van der Waals surface area contributed by atoms with Crippen molar-refractivity contribution in [2.75, 3.05) is 13.7 Å². The summed E-state index contributed by atoms with van der Waals surface area (Å²) in [6, 6.07) is 1.50. The van der Waals surface area contributed by atoms with Gasteiger partial charge in [0.1, 0.15) is 12.2 Å². The molecule has 1 rings (SSSR count). The standard InChI is InChI=1S/C12H16N2O4/c1-4-8-5-9(11(16)13-7(8)2)12(17)14-10(15)6-18-3/h5H,4,6H2,1-3H3,(H,13,16)(H,14,15,17). The van der Waals surface area contributed by atoms with E-state index in [-0.39, 0.29) is 12.2 Å².